The van der Waals surface area contributed by atoms with Gasteiger partial charge in [0.2, 0.25) is 5.91 Å². The molecule has 1 aromatic rings. The second kappa shape index (κ2) is 5.84. The van der Waals surface area contributed by atoms with Crippen molar-refractivity contribution >= 4 is 29.0 Å². The van der Waals surface area contributed by atoms with Crippen LogP contribution in [0.3, 0.4) is 0 Å². The Morgan fingerprint density at radius 3 is 2.88 bits per heavy atom. The summed E-state index contributed by atoms with van der Waals surface area (Å²) >= 11 is 3.17. The van der Waals surface area contributed by atoms with Gasteiger partial charge in [0.1, 0.15) is 0 Å². The summed E-state index contributed by atoms with van der Waals surface area (Å²) in [5.41, 5.74) is 1.03. The highest BCUT2D eigenvalue weighted by molar-refractivity contribution is 8.02. The predicted molar refractivity (Wildman–Crippen MR) is 71.6 cm³/mol. The molecule has 0 saturated carbocycles. The molecule has 1 saturated heterocycles. The van der Waals surface area contributed by atoms with Gasteiger partial charge in [-0.2, -0.15) is 0 Å². The molecule has 1 aromatic heterocycles. The van der Waals surface area contributed by atoms with Crippen molar-refractivity contribution in [3.8, 4) is 0 Å². The molecule has 2 heterocycles. The smallest absolute Gasteiger partial charge is 0.235 e. The number of hydrogen-bond donors (Lipinski definition) is 1. The molecule has 1 amide bonds. The normalized spacial score (nSPS) is 18.1. The Morgan fingerprint density at radius 1 is 1.59 bits per heavy atom. The van der Waals surface area contributed by atoms with E-state index in [1.165, 1.54) is 0 Å². The molecule has 1 unspecified atom stereocenters. The number of thiazole rings is 1. The zero-order valence-electron chi connectivity index (χ0n) is 10.1. The van der Waals surface area contributed by atoms with E-state index in [2.05, 4.69) is 10.3 Å². The molecule has 17 heavy (non-hydrogen) atoms. The molecular weight excluding hydrogens is 254 g/mol. The lowest BCUT2D eigenvalue weighted by molar-refractivity contribution is -0.130. The van der Waals surface area contributed by atoms with Gasteiger partial charge in [-0.1, -0.05) is 11.8 Å². The van der Waals surface area contributed by atoms with E-state index >= 15 is 0 Å². The summed E-state index contributed by atoms with van der Waals surface area (Å²) in [6.45, 7) is 7.38. The largest absolute Gasteiger partial charge is 0.339 e. The van der Waals surface area contributed by atoms with E-state index in [4.69, 9.17) is 0 Å². The minimum absolute atomic E-state index is 0.0429. The first-order valence-electron chi connectivity index (χ1n) is 5.75. The number of nitrogens with one attached hydrogen (secondary N) is 1. The van der Waals surface area contributed by atoms with Gasteiger partial charge in [0.25, 0.3) is 0 Å². The lowest BCUT2D eigenvalue weighted by Gasteiger charge is -2.29. The molecular formula is C11H17N3OS2. The van der Waals surface area contributed by atoms with E-state index in [0.29, 0.717) is 0 Å². The first-order chi connectivity index (χ1) is 8.16. The Kier molecular flexibility index (Phi) is 4.42. The first kappa shape index (κ1) is 12.9. The topological polar surface area (TPSA) is 45.2 Å². The number of carbonyl (C=O) groups excluding carboxylic acids is 1. The van der Waals surface area contributed by atoms with Crippen molar-refractivity contribution in [2.45, 2.75) is 23.4 Å². The summed E-state index contributed by atoms with van der Waals surface area (Å²) in [6.07, 6.45) is 0. The molecule has 1 atom stereocenters. The maximum atomic E-state index is 12.2. The van der Waals surface area contributed by atoms with Gasteiger partial charge in [0, 0.05) is 37.3 Å². The molecule has 0 aliphatic carbocycles. The quantitative estimate of drug-likeness (QED) is 0.843. The molecule has 1 fully saturated rings. The second-order valence-corrected chi connectivity index (χ2v) is 6.54. The summed E-state index contributed by atoms with van der Waals surface area (Å²) in [5, 5.41) is 5.23. The Labute approximate surface area is 110 Å². The molecule has 94 valence electrons. The minimum atomic E-state index is -0.0429. The van der Waals surface area contributed by atoms with E-state index in [-0.39, 0.29) is 11.2 Å². The molecule has 0 spiro atoms. The van der Waals surface area contributed by atoms with E-state index in [1.54, 1.807) is 23.1 Å². The third-order valence-corrected chi connectivity index (χ3v) is 4.83. The zero-order valence-corrected chi connectivity index (χ0v) is 11.7. The van der Waals surface area contributed by atoms with Crippen LogP contribution in [0.4, 0.5) is 0 Å². The van der Waals surface area contributed by atoms with Crippen LogP contribution in [0.2, 0.25) is 0 Å². The van der Waals surface area contributed by atoms with E-state index in [1.807, 2.05) is 24.1 Å². The summed E-state index contributed by atoms with van der Waals surface area (Å²) in [5.74, 6) is 0.226. The van der Waals surface area contributed by atoms with Crippen LogP contribution in [0.5, 0.6) is 0 Å². The third-order valence-electron chi connectivity index (χ3n) is 2.65. The minimum Gasteiger partial charge on any atom is -0.339 e. The molecule has 0 radical (unpaired) electrons. The molecule has 1 N–H and O–H groups in total. The van der Waals surface area contributed by atoms with Gasteiger partial charge < -0.3 is 10.2 Å². The van der Waals surface area contributed by atoms with Crippen LogP contribution in [0, 0.1) is 6.92 Å². The number of amides is 1. The van der Waals surface area contributed by atoms with Gasteiger partial charge in [0.05, 0.1) is 5.25 Å². The standard InChI is InChI=1S/C11H17N3OS2/c1-8-7-16-11(13-8)17-9(2)10(15)14-5-3-12-4-6-14/h7,9,12H,3-6H2,1-2H3. The van der Waals surface area contributed by atoms with E-state index in [9.17, 15) is 4.79 Å². The van der Waals surface area contributed by atoms with Crippen LogP contribution < -0.4 is 5.32 Å². The fourth-order valence-electron chi connectivity index (χ4n) is 1.73. The highest BCUT2D eigenvalue weighted by atomic mass is 32.2. The summed E-state index contributed by atoms with van der Waals surface area (Å²) < 4.78 is 0.985. The van der Waals surface area contributed by atoms with Crippen molar-refractivity contribution < 1.29 is 4.79 Å². The number of aromatic nitrogens is 1. The molecule has 2 rings (SSSR count). The van der Waals surface area contributed by atoms with Crippen LogP contribution in [0.15, 0.2) is 9.72 Å². The van der Waals surface area contributed by atoms with Crippen LogP contribution in [0.1, 0.15) is 12.6 Å². The SMILES string of the molecule is Cc1csc(SC(C)C(=O)N2CCNCC2)n1. The predicted octanol–water partition coefficient (Wildman–Crippen LogP) is 1.36. The van der Waals surface area contributed by atoms with E-state index < -0.39 is 0 Å². The third kappa shape index (κ3) is 3.43. The summed E-state index contributed by atoms with van der Waals surface area (Å²) in [4.78, 5) is 18.5. The van der Waals surface area contributed by atoms with Crippen LogP contribution in [-0.4, -0.2) is 47.2 Å². The van der Waals surface area contributed by atoms with Crippen molar-refractivity contribution in [2.75, 3.05) is 26.2 Å². The number of carbonyl (C=O) groups is 1. The maximum absolute atomic E-state index is 12.2. The number of piperazine rings is 1. The fraction of sp³-hybridized carbons (Fsp3) is 0.636. The fourth-order valence-corrected chi connectivity index (χ4v) is 3.80. The molecule has 0 aromatic carbocycles. The Hall–Kier alpha value is -0.590. The van der Waals surface area contributed by atoms with Crippen molar-refractivity contribution in [1.82, 2.24) is 15.2 Å². The average Bonchev–Trinajstić information content (AvgIpc) is 2.75. The van der Waals surface area contributed by atoms with Crippen molar-refractivity contribution in [1.29, 1.82) is 0 Å². The van der Waals surface area contributed by atoms with Gasteiger partial charge in [-0.05, 0) is 13.8 Å². The van der Waals surface area contributed by atoms with Gasteiger partial charge in [-0.15, -0.1) is 11.3 Å². The van der Waals surface area contributed by atoms with Crippen molar-refractivity contribution in [2.24, 2.45) is 0 Å². The van der Waals surface area contributed by atoms with E-state index in [0.717, 1.165) is 36.2 Å². The molecule has 1 aliphatic rings. The number of rotatable bonds is 3. The number of hydrogen-bond acceptors (Lipinski definition) is 5. The first-order valence-corrected chi connectivity index (χ1v) is 7.51. The highest BCUT2D eigenvalue weighted by Gasteiger charge is 2.23. The van der Waals surface area contributed by atoms with Gasteiger partial charge in [-0.25, -0.2) is 4.98 Å². The average molecular weight is 271 g/mol. The van der Waals surface area contributed by atoms with Gasteiger partial charge in [0.15, 0.2) is 4.34 Å². The van der Waals surface area contributed by atoms with Crippen LogP contribution in [0.25, 0.3) is 0 Å². The number of thioether (sulfide) groups is 1. The Balaban J connectivity index is 1.90. The van der Waals surface area contributed by atoms with Crippen LogP contribution >= 0.6 is 23.1 Å². The maximum Gasteiger partial charge on any atom is 0.235 e. The summed E-state index contributed by atoms with van der Waals surface area (Å²) in [7, 11) is 0. The monoisotopic (exact) mass is 271 g/mol. The Morgan fingerprint density at radius 2 is 2.29 bits per heavy atom. The van der Waals surface area contributed by atoms with Gasteiger partial charge in [-0.3, -0.25) is 4.79 Å². The number of nitrogens with zero attached hydrogens (tertiary/aromatic N) is 2. The summed E-state index contributed by atoms with van der Waals surface area (Å²) in [6, 6.07) is 0. The van der Waals surface area contributed by atoms with Gasteiger partial charge >= 0.3 is 0 Å². The zero-order chi connectivity index (χ0) is 12.3. The number of aryl methyl sites for hydroxylation is 1. The second-order valence-electron chi connectivity index (χ2n) is 4.09. The molecule has 4 nitrogen and oxygen atoms in total. The van der Waals surface area contributed by atoms with Crippen LogP contribution in [-0.2, 0) is 4.79 Å². The van der Waals surface area contributed by atoms with Crippen molar-refractivity contribution in [3.63, 3.8) is 0 Å². The lowest BCUT2D eigenvalue weighted by atomic mass is 10.3. The highest BCUT2D eigenvalue weighted by Crippen LogP contribution is 2.27. The molecule has 6 heteroatoms. The van der Waals surface area contributed by atoms with Crippen molar-refractivity contribution in [3.05, 3.63) is 11.1 Å². The Bertz CT molecular complexity index is 388. The lowest BCUT2D eigenvalue weighted by Crippen LogP contribution is -2.48. The molecule has 1 aliphatic heterocycles. The molecule has 0 bridgehead atoms.